The molecule has 1 aromatic carbocycles. The number of benzene rings is 1. The topological polar surface area (TPSA) is 122 Å². The summed E-state index contributed by atoms with van der Waals surface area (Å²) in [4.78, 5) is 11.4. The van der Waals surface area contributed by atoms with Gasteiger partial charge in [-0.3, -0.25) is 4.98 Å². The number of pyridine rings is 1. The third-order valence-electron chi connectivity index (χ3n) is 8.71. The number of sulfonamides is 1. The molecule has 2 saturated heterocycles. The number of likely N-dealkylation sites (tertiary alicyclic amines) is 1. The molecule has 41 heavy (non-hydrogen) atoms. The van der Waals surface area contributed by atoms with E-state index < -0.39 is 21.0 Å². The van der Waals surface area contributed by atoms with Gasteiger partial charge in [0.05, 0.1) is 17.9 Å². The number of aromatic nitrogens is 3. The summed E-state index contributed by atoms with van der Waals surface area (Å²) in [6.45, 7) is 8.91. The minimum absolute atomic E-state index is 0.00153. The lowest BCUT2D eigenvalue weighted by Gasteiger charge is -2.55. The van der Waals surface area contributed by atoms with E-state index in [1.54, 1.807) is 12.4 Å². The first-order valence-corrected chi connectivity index (χ1v) is 15.9. The fraction of sp³-hybridized carbons (Fsp3) is 0.567. The summed E-state index contributed by atoms with van der Waals surface area (Å²) in [7, 11) is 0.210. The predicted molar refractivity (Wildman–Crippen MR) is 156 cm³/mol. The zero-order valence-electron chi connectivity index (χ0n) is 24.6. The van der Waals surface area contributed by atoms with E-state index in [0.717, 1.165) is 18.7 Å². The summed E-state index contributed by atoms with van der Waals surface area (Å²) >= 11 is 0. The number of ether oxygens (including phenoxy) is 1. The van der Waals surface area contributed by atoms with Gasteiger partial charge in [0.1, 0.15) is 5.60 Å². The molecule has 3 aromatic rings. The molecule has 10 nitrogen and oxygen atoms in total. The fourth-order valence-electron chi connectivity index (χ4n) is 6.33. The lowest BCUT2D eigenvalue weighted by atomic mass is 9.62. The Morgan fingerprint density at radius 1 is 1.15 bits per heavy atom. The van der Waals surface area contributed by atoms with E-state index in [1.165, 1.54) is 17.0 Å². The van der Waals surface area contributed by atoms with Gasteiger partial charge in [0, 0.05) is 62.6 Å². The Labute approximate surface area is 242 Å². The quantitative estimate of drug-likeness (QED) is 0.382. The van der Waals surface area contributed by atoms with Crippen LogP contribution in [0.2, 0.25) is 0 Å². The molecule has 1 N–H and O–H groups in total. The Bertz CT molecular complexity index is 1440. The molecule has 11 heteroatoms. The van der Waals surface area contributed by atoms with Gasteiger partial charge in [0.25, 0.3) is 5.89 Å². The molecule has 2 aliphatic heterocycles. The van der Waals surface area contributed by atoms with E-state index in [0.29, 0.717) is 54.7 Å². The van der Waals surface area contributed by atoms with Crippen molar-refractivity contribution in [2.24, 2.45) is 5.41 Å². The second kappa shape index (κ2) is 11.5. The van der Waals surface area contributed by atoms with Gasteiger partial charge in [0.2, 0.25) is 10.0 Å². The molecule has 2 fully saturated rings. The number of piperidine rings is 1. The number of methoxy groups -OCH3 is 1. The SMILES string of the molecule is COCCS(=O)(=O)N1CCC(c2noc(-c3cncc([C@@](O)(c4ccc(C(C)C)cc4)C4(C)CN(C)C4)c3)n2)CC1. The van der Waals surface area contributed by atoms with Crippen molar-refractivity contribution in [1.29, 1.82) is 0 Å². The predicted octanol–water partition coefficient (Wildman–Crippen LogP) is 3.60. The molecule has 0 spiro atoms. The molecule has 1 atom stereocenters. The summed E-state index contributed by atoms with van der Waals surface area (Å²) in [5.41, 5.74) is 1.66. The normalized spacial score (nSPS) is 20.2. The smallest absolute Gasteiger partial charge is 0.259 e. The first-order valence-electron chi connectivity index (χ1n) is 14.2. The van der Waals surface area contributed by atoms with Gasteiger partial charge >= 0.3 is 0 Å². The van der Waals surface area contributed by atoms with Gasteiger partial charge in [-0.25, -0.2) is 12.7 Å². The molecule has 0 bridgehead atoms. The third kappa shape index (κ3) is 5.70. The molecule has 2 aliphatic rings. The van der Waals surface area contributed by atoms with E-state index in [1.807, 2.05) is 18.2 Å². The van der Waals surface area contributed by atoms with Crippen LogP contribution in [0, 0.1) is 5.41 Å². The lowest BCUT2D eigenvalue weighted by molar-refractivity contribution is -0.127. The number of rotatable bonds is 10. The molecule has 5 rings (SSSR count). The van der Waals surface area contributed by atoms with Crippen LogP contribution in [0.25, 0.3) is 11.5 Å². The van der Waals surface area contributed by atoms with Crippen molar-refractivity contribution >= 4 is 10.0 Å². The van der Waals surface area contributed by atoms with E-state index in [2.05, 4.69) is 60.0 Å². The summed E-state index contributed by atoms with van der Waals surface area (Å²) in [5, 5.41) is 16.8. The van der Waals surface area contributed by atoms with E-state index in [9.17, 15) is 13.5 Å². The Morgan fingerprint density at radius 2 is 1.83 bits per heavy atom. The van der Waals surface area contributed by atoms with Crippen LogP contribution in [0.5, 0.6) is 0 Å². The molecule has 0 amide bonds. The highest BCUT2D eigenvalue weighted by Crippen LogP contribution is 2.50. The molecular formula is C30H41N5O5S. The Balaban J connectivity index is 1.39. The van der Waals surface area contributed by atoms with Gasteiger partial charge in [0.15, 0.2) is 5.82 Å². The lowest BCUT2D eigenvalue weighted by Crippen LogP contribution is -2.63. The van der Waals surface area contributed by atoms with Crippen LogP contribution in [-0.4, -0.2) is 90.6 Å². The summed E-state index contributed by atoms with van der Waals surface area (Å²) < 4.78 is 37.2. The zero-order valence-corrected chi connectivity index (χ0v) is 25.4. The van der Waals surface area contributed by atoms with Crippen LogP contribution >= 0.6 is 0 Å². The van der Waals surface area contributed by atoms with E-state index >= 15 is 0 Å². The second-order valence-electron chi connectivity index (χ2n) is 12.1. The van der Waals surface area contributed by atoms with Crippen molar-refractivity contribution in [3.05, 3.63) is 65.2 Å². The average molecular weight is 584 g/mol. The van der Waals surface area contributed by atoms with Crippen molar-refractivity contribution in [2.45, 2.75) is 51.0 Å². The van der Waals surface area contributed by atoms with E-state index in [4.69, 9.17) is 9.26 Å². The van der Waals surface area contributed by atoms with Crippen molar-refractivity contribution in [2.75, 3.05) is 52.7 Å². The molecule has 0 aliphatic carbocycles. The highest BCUT2D eigenvalue weighted by molar-refractivity contribution is 7.89. The van der Waals surface area contributed by atoms with Crippen LogP contribution in [0.15, 0.2) is 47.2 Å². The first kappa shape index (κ1) is 29.8. The monoisotopic (exact) mass is 583 g/mol. The van der Waals surface area contributed by atoms with Crippen LogP contribution < -0.4 is 0 Å². The van der Waals surface area contributed by atoms with Crippen molar-refractivity contribution in [3.63, 3.8) is 0 Å². The van der Waals surface area contributed by atoms with Crippen LogP contribution in [0.4, 0.5) is 0 Å². The highest BCUT2D eigenvalue weighted by Gasteiger charge is 2.55. The number of aliphatic hydroxyl groups is 1. The first-order chi connectivity index (χ1) is 19.5. The Morgan fingerprint density at radius 3 is 2.44 bits per heavy atom. The van der Waals surface area contributed by atoms with Crippen molar-refractivity contribution in [3.8, 4) is 11.5 Å². The van der Waals surface area contributed by atoms with Crippen molar-refractivity contribution in [1.82, 2.24) is 24.3 Å². The van der Waals surface area contributed by atoms with Gasteiger partial charge in [-0.1, -0.05) is 50.2 Å². The number of nitrogens with zero attached hydrogens (tertiary/aromatic N) is 5. The molecule has 2 aromatic heterocycles. The fourth-order valence-corrected chi connectivity index (χ4v) is 7.73. The Kier molecular flexibility index (Phi) is 8.37. The van der Waals surface area contributed by atoms with E-state index in [-0.39, 0.29) is 18.3 Å². The van der Waals surface area contributed by atoms with Crippen LogP contribution in [0.3, 0.4) is 0 Å². The molecule has 0 radical (unpaired) electrons. The highest BCUT2D eigenvalue weighted by atomic mass is 32.2. The van der Waals surface area contributed by atoms with Gasteiger partial charge < -0.3 is 19.3 Å². The minimum Gasteiger partial charge on any atom is -0.384 e. The van der Waals surface area contributed by atoms with Gasteiger partial charge in [-0.15, -0.1) is 0 Å². The molecule has 0 unspecified atom stereocenters. The summed E-state index contributed by atoms with van der Waals surface area (Å²) in [6.07, 6.45) is 4.62. The van der Waals surface area contributed by atoms with Gasteiger partial charge in [-0.2, -0.15) is 4.98 Å². The largest absolute Gasteiger partial charge is 0.384 e. The maximum atomic E-state index is 12.5. The number of hydrogen-bond donors (Lipinski definition) is 1. The van der Waals surface area contributed by atoms with Gasteiger partial charge in [-0.05, 0) is 43.0 Å². The van der Waals surface area contributed by atoms with Crippen LogP contribution in [0.1, 0.15) is 68.0 Å². The standard InChI is InChI=1S/C30H41N5O5S/c1-21(2)22-6-8-25(9-7-22)30(36,29(3)19-34(4)20-29)26-16-24(17-31-18-26)28-32-27(33-40-28)23-10-12-35(13-11-23)41(37,38)15-14-39-5/h6-9,16-18,21,23,36H,10-15,19-20H2,1-5H3/t30-/m0/s1. The molecule has 4 heterocycles. The maximum absolute atomic E-state index is 12.5. The molecule has 222 valence electrons. The molecular weight excluding hydrogens is 542 g/mol. The molecule has 0 saturated carbocycles. The Hall–Kier alpha value is -2.70. The summed E-state index contributed by atoms with van der Waals surface area (Å²) in [6, 6.07) is 10.1. The zero-order chi connectivity index (χ0) is 29.4. The maximum Gasteiger partial charge on any atom is 0.259 e. The number of hydrogen-bond acceptors (Lipinski definition) is 9. The van der Waals surface area contributed by atoms with Crippen molar-refractivity contribution < 1.29 is 22.8 Å². The second-order valence-corrected chi connectivity index (χ2v) is 14.2. The minimum atomic E-state index is -3.34. The van der Waals surface area contributed by atoms with Crippen LogP contribution in [-0.2, 0) is 20.4 Å². The third-order valence-corrected chi connectivity index (χ3v) is 10.5. The summed E-state index contributed by atoms with van der Waals surface area (Å²) in [5.74, 6) is 1.27. The average Bonchev–Trinajstić information content (AvgIpc) is 3.46.